The van der Waals surface area contributed by atoms with E-state index in [2.05, 4.69) is 30.1 Å². The van der Waals surface area contributed by atoms with E-state index >= 15 is 9.59 Å². The van der Waals surface area contributed by atoms with E-state index in [4.69, 9.17) is 68.5 Å². The number of carbonyl (C=O) groups is 4. The van der Waals surface area contributed by atoms with Gasteiger partial charge in [-0.25, -0.2) is 22.9 Å². The average Bonchev–Trinajstić information content (AvgIpc) is 1.33. The van der Waals surface area contributed by atoms with Gasteiger partial charge in [0.2, 0.25) is 10.0 Å². The quantitative estimate of drug-likeness (QED) is 0.0552. The molecule has 4 fully saturated rings. The molecule has 1 amide bonds. The molecule has 4 saturated heterocycles. The molecule has 0 aliphatic carbocycles. The van der Waals surface area contributed by atoms with Gasteiger partial charge in [0.1, 0.15) is 54.3 Å². The number of hydrogen-bond acceptors (Lipinski definition) is 23. The van der Waals surface area contributed by atoms with E-state index in [1.165, 1.54) is 46.7 Å². The van der Waals surface area contributed by atoms with Crippen molar-refractivity contribution in [2.45, 2.75) is 238 Å². The number of aromatic amines is 1. The molecule has 28 heteroatoms. The Morgan fingerprint density at radius 2 is 1.59 bits per heavy atom. The van der Waals surface area contributed by atoms with Gasteiger partial charge in [-0.05, 0) is 86.8 Å². The second-order valence-corrected chi connectivity index (χ2v) is 28.8. The summed E-state index contributed by atoms with van der Waals surface area (Å²) in [6, 6.07) is 1.42. The van der Waals surface area contributed by atoms with Crippen LogP contribution in [0.2, 0.25) is 5.02 Å². The molecule has 0 bridgehead atoms. The van der Waals surface area contributed by atoms with Gasteiger partial charge in [-0.3, -0.25) is 14.4 Å². The topological polar surface area (TPSA) is 322 Å². The number of aliphatic hydroxyl groups excluding tert-OH is 2. The minimum atomic E-state index is -4.29. The number of aliphatic hydroxyl groups is 2. The Kier molecular flexibility index (Phi) is 26.5. The van der Waals surface area contributed by atoms with Crippen molar-refractivity contribution in [3.05, 3.63) is 23.5 Å². The summed E-state index contributed by atoms with van der Waals surface area (Å²) in [7, 11) is 1.92. The van der Waals surface area contributed by atoms with Crippen LogP contribution in [-0.4, -0.2) is 214 Å². The van der Waals surface area contributed by atoms with Crippen LogP contribution in [0.25, 0.3) is 11.0 Å². The molecule has 5 N–H and O–H groups in total. The maximum absolute atomic E-state index is 16.1. The molecular formula is C62H101ClN6O20S. The number of H-pyrrole nitrogens is 1. The first-order valence-electron chi connectivity index (χ1n) is 31.2. The number of ketones is 1. The van der Waals surface area contributed by atoms with Crippen molar-refractivity contribution in [3.8, 4) is 0 Å². The summed E-state index contributed by atoms with van der Waals surface area (Å²) in [6.07, 6.45) is -12.3. The van der Waals surface area contributed by atoms with Gasteiger partial charge in [-0.1, -0.05) is 65.2 Å². The van der Waals surface area contributed by atoms with Crippen LogP contribution in [0.1, 0.15) is 130 Å². The van der Waals surface area contributed by atoms with Gasteiger partial charge >= 0.3 is 18.0 Å². The van der Waals surface area contributed by atoms with Crippen LogP contribution in [0, 0.1) is 41.4 Å². The second kappa shape index (κ2) is 31.8. The first kappa shape index (κ1) is 74.8. The summed E-state index contributed by atoms with van der Waals surface area (Å²) >= 11 is 6.43. The fourth-order valence-corrected chi connectivity index (χ4v) is 14.6. The number of rotatable bonds is 20. The molecule has 22 atom stereocenters. The first-order chi connectivity index (χ1) is 42.1. The van der Waals surface area contributed by atoms with E-state index in [1.807, 2.05) is 41.7 Å². The van der Waals surface area contributed by atoms with Gasteiger partial charge in [-0.15, -0.1) is 0 Å². The number of likely N-dealkylation sites (N-methyl/N-ethyl adjacent to an activating group) is 1. The number of nitrogens with one attached hydrogen (secondary N) is 3. The standard InChI is InChI=1S/C62H101ClN6O20S/c1-30(2)22-44(70)85-51-37(9)50(32(4)28-81-59-54(79-18)53(78-17)47(71)40(12)84-59)87-57(74)39(11)52(86-45-23-33(5)69(16)27-35(7)82-45)36(8)49(88-58-48(72)42(68-80-19)24-34(6)83-58)31(3)25-62(15,55(73)38(51)10)89-60(75)67-61(13,14)29-66-90(76,77)43-26-65-56-46(43)41(63)20-21-64-56/h20-21,26,30-40,45,47-54,58-59,66,71-72H,22-25,27-29H2,1-19H3,(H,64,65)(H,67,75)/t31-,32-,33?,34+,35-,36+,37-,38+,39+,40+,45-,47+,48+,49-,50+,51+,52-,53+,54+,58?,59+,62-/m0/s1. The van der Waals surface area contributed by atoms with Crippen molar-refractivity contribution in [3.63, 3.8) is 0 Å². The highest BCUT2D eigenvalue weighted by molar-refractivity contribution is 7.89. The van der Waals surface area contributed by atoms with Crippen LogP contribution in [0.4, 0.5) is 4.79 Å². The Bertz CT molecular complexity index is 2870. The Hall–Kier alpha value is -4.20. The third-order valence-corrected chi connectivity index (χ3v) is 19.6. The molecule has 90 heavy (non-hydrogen) atoms. The highest BCUT2D eigenvalue weighted by atomic mass is 35.5. The molecule has 0 saturated carbocycles. The number of oxime groups is 1. The normalized spacial score (nSPS) is 36.6. The first-order valence-corrected chi connectivity index (χ1v) is 33.1. The number of halogens is 1. The van der Waals surface area contributed by atoms with E-state index in [1.54, 1.807) is 62.3 Å². The van der Waals surface area contributed by atoms with Crippen molar-refractivity contribution in [1.29, 1.82) is 0 Å². The van der Waals surface area contributed by atoms with Crippen molar-refractivity contribution < 1.29 is 94.8 Å². The number of fused-ring (bicyclic) bond motifs is 1. The SMILES string of the molecule is CON=C1C[C@@H](C)OC(O[C@@H]2[C@@H](C)[C@H](O[C@H]3CC(C)N(C)C[C@H](C)O3)[C@@H](C)C(=O)O[C@H]([C@@H](C)CO[C@@H]3O[C@H](C)[C@@H](O)[C@@H](OC)[C@H]3OC)[C@H](C)[C@@H](OC(=O)CC(C)C)[C@@H](C)C(=O)[C@@](C)(OC(=O)NC(C)(C)CNS(=O)(=O)c3c[nH]c4nccc(Cl)c34)C[C@@H]2C)[C@@H]1O. The zero-order chi connectivity index (χ0) is 67.1. The smallest absolute Gasteiger partial charge is 0.408 e. The number of alkyl carbamates (subject to hydrolysis) is 1. The number of hydrogen-bond donors (Lipinski definition) is 5. The fraction of sp³-hybridized carbons (Fsp3) is 0.806. The van der Waals surface area contributed by atoms with Crippen molar-refractivity contribution in [2.24, 2.45) is 46.6 Å². The Labute approximate surface area is 535 Å². The molecular weight excluding hydrogens is 1220 g/mol. The molecule has 0 radical (unpaired) electrons. The zero-order valence-corrected chi connectivity index (χ0v) is 57.3. The summed E-state index contributed by atoms with van der Waals surface area (Å²) in [4.78, 5) is 74.7. The van der Waals surface area contributed by atoms with E-state index in [-0.39, 0.29) is 77.1 Å². The number of cyclic esters (lactones) is 1. The number of methoxy groups -OCH3 is 2. The zero-order valence-electron chi connectivity index (χ0n) is 55.8. The van der Waals surface area contributed by atoms with E-state index < -0.39 is 160 Å². The fourth-order valence-electron chi connectivity index (χ4n) is 12.9. The van der Waals surface area contributed by atoms with Gasteiger partial charge in [0.15, 0.2) is 30.3 Å². The number of aromatic nitrogens is 2. The maximum Gasteiger partial charge on any atom is 0.408 e. The number of carbonyl (C=O) groups excluding carboxylic acids is 4. The van der Waals surface area contributed by atoms with Crippen molar-refractivity contribution in [2.75, 3.05) is 48.1 Å². The molecule has 512 valence electrons. The molecule has 4 aliphatic heterocycles. The van der Waals surface area contributed by atoms with Crippen LogP contribution < -0.4 is 10.0 Å². The largest absolute Gasteiger partial charge is 0.461 e. The van der Waals surface area contributed by atoms with Gasteiger partial charge in [0.25, 0.3) is 0 Å². The van der Waals surface area contributed by atoms with E-state index in [0.29, 0.717) is 13.0 Å². The molecule has 26 nitrogen and oxygen atoms in total. The highest BCUT2D eigenvalue weighted by Crippen LogP contribution is 2.41. The molecule has 2 aromatic heterocycles. The summed E-state index contributed by atoms with van der Waals surface area (Å²) in [5.41, 5.74) is -3.07. The van der Waals surface area contributed by atoms with Crippen LogP contribution in [0.5, 0.6) is 0 Å². The minimum absolute atomic E-state index is 0.0382. The lowest BCUT2D eigenvalue weighted by Crippen LogP contribution is -2.59. The van der Waals surface area contributed by atoms with Gasteiger partial charge in [0, 0.05) is 82.8 Å². The lowest BCUT2D eigenvalue weighted by atomic mass is 9.74. The average molecular weight is 1320 g/mol. The molecule has 2 unspecified atom stereocenters. The summed E-state index contributed by atoms with van der Waals surface area (Å²) in [6.45, 7) is 25.9. The minimum Gasteiger partial charge on any atom is -0.461 e. The molecule has 6 rings (SSSR count). The molecule has 6 heterocycles. The summed E-state index contributed by atoms with van der Waals surface area (Å²) in [5.74, 6) is -8.28. The van der Waals surface area contributed by atoms with Crippen LogP contribution >= 0.6 is 11.6 Å². The van der Waals surface area contributed by atoms with Crippen molar-refractivity contribution in [1.82, 2.24) is 24.9 Å². The third-order valence-electron chi connectivity index (χ3n) is 17.8. The van der Waals surface area contributed by atoms with Gasteiger partial charge in [-0.2, -0.15) is 0 Å². The Morgan fingerprint density at radius 1 is 0.911 bits per heavy atom. The summed E-state index contributed by atoms with van der Waals surface area (Å²) < 4.78 is 101. The third kappa shape index (κ3) is 18.4. The second-order valence-electron chi connectivity index (χ2n) is 26.7. The van der Waals surface area contributed by atoms with Crippen LogP contribution in [0.3, 0.4) is 0 Å². The van der Waals surface area contributed by atoms with Crippen LogP contribution in [0.15, 0.2) is 28.5 Å². The van der Waals surface area contributed by atoms with E-state index in [0.717, 1.165) is 0 Å². The highest BCUT2D eigenvalue weighted by Gasteiger charge is 2.53. The van der Waals surface area contributed by atoms with Gasteiger partial charge in [0.05, 0.1) is 70.6 Å². The molecule has 0 aromatic carbocycles. The lowest BCUT2D eigenvalue weighted by Gasteiger charge is -2.45. The Balaban J connectivity index is 1.49. The lowest BCUT2D eigenvalue weighted by molar-refractivity contribution is -0.305. The van der Waals surface area contributed by atoms with Crippen LogP contribution in [-0.2, 0) is 81.3 Å². The number of nitrogens with zero attached hydrogens (tertiary/aromatic N) is 3. The number of sulfonamides is 1. The monoisotopic (exact) mass is 1320 g/mol. The number of amides is 1. The number of esters is 2. The number of Topliss-reactive ketones (excluding diaryl/α,β-unsaturated/α-hetero) is 1. The molecule has 4 aliphatic rings. The number of pyridine rings is 1. The molecule has 0 spiro atoms. The summed E-state index contributed by atoms with van der Waals surface area (Å²) in [5, 5.41) is 30.1. The van der Waals surface area contributed by atoms with Gasteiger partial charge < -0.3 is 82.4 Å². The predicted molar refractivity (Wildman–Crippen MR) is 330 cm³/mol. The Morgan fingerprint density at radius 3 is 2.23 bits per heavy atom. The molecule has 2 aromatic rings. The van der Waals surface area contributed by atoms with Crippen molar-refractivity contribution >= 4 is 62.2 Å². The number of ether oxygens (including phenoxy) is 11. The predicted octanol–water partition coefficient (Wildman–Crippen LogP) is 6.29. The van der Waals surface area contributed by atoms with E-state index in [9.17, 15) is 28.2 Å². The maximum atomic E-state index is 16.1.